The predicted molar refractivity (Wildman–Crippen MR) is 98.9 cm³/mol. The Balaban J connectivity index is 1.52. The Kier molecular flexibility index (Phi) is 5.38. The zero-order chi connectivity index (χ0) is 16.2. The summed E-state index contributed by atoms with van der Waals surface area (Å²) in [6.45, 7) is 2.28. The summed E-state index contributed by atoms with van der Waals surface area (Å²) in [5.74, 6) is 0. The van der Waals surface area contributed by atoms with Gasteiger partial charge in [0.1, 0.15) is 0 Å². The molecule has 0 saturated heterocycles. The third kappa shape index (κ3) is 3.96. The summed E-state index contributed by atoms with van der Waals surface area (Å²) in [7, 11) is 0. The van der Waals surface area contributed by atoms with Crippen molar-refractivity contribution >= 4 is 44.8 Å². The molecule has 3 rings (SSSR count). The van der Waals surface area contributed by atoms with E-state index in [2.05, 4.69) is 5.32 Å². The monoisotopic (exact) mass is 366 g/mol. The van der Waals surface area contributed by atoms with E-state index in [9.17, 15) is 4.79 Å². The van der Waals surface area contributed by atoms with E-state index in [0.29, 0.717) is 10.0 Å². The standard InChI is InChI=1S/C17H16Cl2N2OS/c18-13-7-6-12(10-14(13)19)11-20-8-3-9-21-15-4-1-2-5-16(15)23-17(21)22/h1-2,4-7,10,20H,3,8-9,11H2. The number of nitrogens with one attached hydrogen (secondary N) is 1. The van der Waals surface area contributed by atoms with Crippen molar-refractivity contribution in [3.63, 3.8) is 0 Å². The van der Waals surface area contributed by atoms with Crippen LogP contribution in [0.4, 0.5) is 0 Å². The highest BCUT2D eigenvalue weighted by atomic mass is 35.5. The Labute approximate surface area is 148 Å². The average molecular weight is 367 g/mol. The van der Waals surface area contributed by atoms with Crippen molar-refractivity contribution in [3.8, 4) is 0 Å². The molecule has 0 bridgehead atoms. The number of rotatable bonds is 6. The van der Waals surface area contributed by atoms with Crippen molar-refractivity contribution in [2.24, 2.45) is 0 Å². The van der Waals surface area contributed by atoms with Crippen molar-refractivity contribution in [2.75, 3.05) is 6.54 Å². The Morgan fingerprint density at radius 2 is 1.91 bits per heavy atom. The van der Waals surface area contributed by atoms with Gasteiger partial charge < -0.3 is 5.32 Å². The Bertz CT molecular complexity index is 872. The SMILES string of the molecule is O=c1sc2ccccc2n1CCCNCc1ccc(Cl)c(Cl)c1. The number of aromatic nitrogens is 1. The number of thiazole rings is 1. The third-order valence-electron chi connectivity index (χ3n) is 3.62. The predicted octanol–water partition coefficient (Wildman–Crippen LogP) is 4.55. The molecule has 2 aromatic carbocycles. The van der Waals surface area contributed by atoms with E-state index in [1.807, 2.05) is 41.0 Å². The molecule has 0 amide bonds. The van der Waals surface area contributed by atoms with Gasteiger partial charge in [0.25, 0.3) is 0 Å². The minimum Gasteiger partial charge on any atom is -0.313 e. The van der Waals surface area contributed by atoms with Crippen molar-refractivity contribution in [2.45, 2.75) is 19.5 Å². The van der Waals surface area contributed by atoms with Crippen LogP contribution in [0.2, 0.25) is 10.0 Å². The van der Waals surface area contributed by atoms with Crippen LogP contribution in [0.15, 0.2) is 47.3 Å². The van der Waals surface area contributed by atoms with Gasteiger partial charge in [-0.15, -0.1) is 0 Å². The fraction of sp³-hybridized carbons (Fsp3) is 0.235. The van der Waals surface area contributed by atoms with Crippen LogP contribution in [0, 0.1) is 0 Å². The summed E-state index contributed by atoms with van der Waals surface area (Å²) in [6.07, 6.45) is 0.891. The van der Waals surface area contributed by atoms with Crippen molar-refractivity contribution < 1.29 is 0 Å². The molecule has 0 aliphatic rings. The minimum absolute atomic E-state index is 0.107. The molecule has 0 radical (unpaired) electrons. The molecular weight excluding hydrogens is 351 g/mol. The number of benzene rings is 2. The molecule has 0 atom stereocenters. The van der Waals surface area contributed by atoms with E-state index < -0.39 is 0 Å². The van der Waals surface area contributed by atoms with Crippen LogP contribution in [-0.4, -0.2) is 11.1 Å². The number of halogens is 2. The van der Waals surface area contributed by atoms with Gasteiger partial charge in [0.15, 0.2) is 0 Å². The molecule has 120 valence electrons. The van der Waals surface area contributed by atoms with Gasteiger partial charge in [0, 0.05) is 13.1 Å². The molecule has 0 aliphatic carbocycles. The zero-order valence-corrected chi connectivity index (χ0v) is 14.7. The largest absolute Gasteiger partial charge is 0.313 e. The number of nitrogens with zero attached hydrogens (tertiary/aromatic N) is 1. The lowest BCUT2D eigenvalue weighted by Gasteiger charge is -2.07. The van der Waals surface area contributed by atoms with Crippen LogP contribution >= 0.6 is 34.5 Å². The normalized spacial score (nSPS) is 11.2. The summed E-state index contributed by atoms with van der Waals surface area (Å²) in [5, 5.41) is 4.50. The number of fused-ring (bicyclic) bond motifs is 1. The maximum Gasteiger partial charge on any atom is 0.308 e. The quantitative estimate of drug-likeness (QED) is 0.649. The van der Waals surface area contributed by atoms with Gasteiger partial charge in [0.05, 0.1) is 20.3 Å². The van der Waals surface area contributed by atoms with Gasteiger partial charge in [-0.1, -0.05) is 52.7 Å². The van der Waals surface area contributed by atoms with E-state index in [1.54, 1.807) is 6.07 Å². The Morgan fingerprint density at radius 1 is 1.09 bits per heavy atom. The second-order valence-corrected chi connectivity index (χ2v) is 7.07. The van der Waals surface area contributed by atoms with Crippen molar-refractivity contribution in [3.05, 3.63) is 67.7 Å². The summed E-state index contributed by atoms with van der Waals surface area (Å²) in [5.41, 5.74) is 2.12. The maximum atomic E-state index is 12.0. The molecule has 3 nitrogen and oxygen atoms in total. The van der Waals surface area contributed by atoms with Gasteiger partial charge in [-0.2, -0.15) is 0 Å². The first-order chi connectivity index (χ1) is 11.1. The lowest BCUT2D eigenvalue weighted by molar-refractivity contribution is 0.586. The van der Waals surface area contributed by atoms with E-state index in [0.717, 1.165) is 41.8 Å². The molecule has 0 spiro atoms. The highest BCUT2D eigenvalue weighted by Gasteiger charge is 2.06. The number of hydrogen-bond donors (Lipinski definition) is 1. The Morgan fingerprint density at radius 3 is 2.74 bits per heavy atom. The number of aryl methyl sites for hydroxylation is 1. The third-order valence-corrected chi connectivity index (χ3v) is 5.32. The molecule has 1 N–H and O–H groups in total. The molecule has 23 heavy (non-hydrogen) atoms. The molecule has 0 saturated carbocycles. The molecular formula is C17H16Cl2N2OS. The molecule has 1 heterocycles. The van der Waals surface area contributed by atoms with Gasteiger partial charge in [-0.25, -0.2) is 0 Å². The molecule has 0 fully saturated rings. The van der Waals surface area contributed by atoms with Crippen LogP contribution in [0.5, 0.6) is 0 Å². The van der Waals surface area contributed by atoms with Crippen LogP contribution in [0.25, 0.3) is 10.2 Å². The lowest BCUT2D eigenvalue weighted by Crippen LogP contribution is -2.19. The summed E-state index contributed by atoms with van der Waals surface area (Å²) in [4.78, 5) is 12.1. The second-order valence-electron chi connectivity index (χ2n) is 5.27. The fourth-order valence-corrected chi connectivity index (χ4v) is 3.71. The molecule has 6 heteroatoms. The zero-order valence-electron chi connectivity index (χ0n) is 12.4. The first kappa shape index (κ1) is 16.5. The van der Waals surface area contributed by atoms with Crippen molar-refractivity contribution in [1.29, 1.82) is 0 Å². The van der Waals surface area contributed by atoms with E-state index in [4.69, 9.17) is 23.2 Å². The van der Waals surface area contributed by atoms with E-state index in [1.165, 1.54) is 11.3 Å². The first-order valence-electron chi connectivity index (χ1n) is 7.38. The van der Waals surface area contributed by atoms with Crippen LogP contribution in [0.1, 0.15) is 12.0 Å². The van der Waals surface area contributed by atoms with Crippen molar-refractivity contribution in [1.82, 2.24) is 9.88 Å². The molecule has 1 aromatic heterocycles. The van der Waals surface area contributed by atoms with Gasteiger partial charge in [0.2, 0.25) is 0 Å². The molecule has 3 aromatic rings. The van der Waals surface area contributed by atoms with Gasteiger partial charge >= 0.3 is 4.87 Å². The summed E-state index contributed by atoms with van der Waals surface area (Å²) < 4.78 is 2.89. The molecule has 0 aliphatic heterocycles. The maximum absolute atomic E-state index is 12.0. The molecule has 0 unspecified atom stereocenters. The highest BCUT2D eigenvalue weighted by molar-refractivity contribution is 7.16. The summed E-state index contributed by atoms with van der Waals surface area (Å²) >= 11 is 13.2. The minimum atomic E-state index is 0.107. The number of para-hydroxylation sites is 1. The van der Waals surface area contributed by atoms with E-state index in [-0.39, 0.29) is 4.87 Å². The Hall–Kier alpha value is -1.33. The average Bonchev–Trinajstić information content (AvgIpc) is 2.86. The van der Waals surface area contributed by atoms with Gasteiger partial charge in [-0.05, 0) is 42.8 Å². The van der Waals surface area contributed by atoms with Gasteiger partial charge in [-0.3, -0.25) is 9.36 Å². The van der Waals surface area contributed by atoms with Crippen LogP contribution in [0.3, 0.4) is 0 Å². The van der Waals surface area contributed by atoms with E-state index >= 15 is 0 Å². The highest BCUT2D eigenvalue weighted by Crippen LogP contribution is 2.22. The fourth-order valence-electron chi connectivity index (χ4n) is 2.47. The first-order valence-corrected chi connectivity index (χ1v) is 8.95. The number of hydrogen-bond acceptors (Lipinski definition) is 3. The smallest absolute Gasteiger partial charge is 0.308 e. The lowest BCUT2D eigenvalue weighted by atomic mass is 10.2. The van der Waals surface area contributed by atoms with Crippen LogP contribution < -0.4 is 10.2 Å². The van der Waals surface area contributed by atoms with Crippen LogP contribution in [-0.2, 0) is 13.1 Å². The second kappa shape index (κ2) is 7.49. The summed E-state index contributed by atoms with van der Waals surface area (Å²) in [6, 6.07) is 13.5. The topological polar surface area (TPSA) is 34.0 Å².